The molecule has 35 heavy (non-hydrogen) atoms. The largest absolute Gasteiger partial charge is 0.354 e. The second-order valence-electron chi connectivity index (χ2n) is 8.14. The Kier molecular flexibility index (Phi) is 8.37. The zero-order valence-corrected chi connectivity index (χ0v) is 20.4. The molecule has 0 unspecified atom stereocenters. The van der Waals surface area contributed by atoms with Crippen LogP contribution in [0.15, 0.2) is 116 Å². The van der Waals surface area contributed by atoms with Crippen LogP contribution in [0.2, 0.25) is 0 Å². The van der Waals surface area contributed by atoms with E-state index >= 15 is 0 Å². The van der Waals surface area contributed by atoms with E-state index in [4.69, 9.17) is 0 Å². The molecule has 4 aromatic rings. The Hall–Kier alpha value is -3.82. The summed E-state index contributed by atoms with van der Waals surface area (Å²) in [5.41, 5.74) is 0.502. The lowest BCUT2D eigenvalue weighted by Gasteiger charge is -2.27. The molecular formula is C29H29N3O2P+. The van der Waals surface area contributed by atoms with Gasteiger partial charge in [0.15, 0.2) is 0 Å². The number of rotatable bonds is 10. The second kappa shape index (κ2) is 12.0. The van der Waals surface area contributed by atoms with Crippen molar-refractivity contribution >= 4 is 35.0 Å². The monoisotopic (exact) mass is 482 g/mol. The van der Waals surface area contributed by atoms with Gasteiger partial charge < -0.3 is 10.6 Å². The summed E-state index contributed by atoms with van der Waals surface area (Å²) in [5, 5.41) is 9.56. The van der Waals surface area contributed by atoms with Gasteiger partial charge in [-0.05, 0) is 48.5 Å². The molecule has 2 amide bonds. The van der Waals surface area contributed by atoms with Gasteiger partial charge in [0.1, 0.15) is 23.2 Å². The Balaban J connectivity index is 1.47. The molecule has 0 aliphatic carbocycles. The van der Waals surface area contributed by atoms with Crippen molar-refractivity contribution in [3.63, 3.8) is 0 Å². The molecule has 0 aliphatic heterocycles. The SMILES string of the molecule is O=C(CC[P+](c1ccccc1)(c1ccccc1)c1ccccc1)NCCNC(=O)c1cccnc1. The Morgan fingerprint density at radius 2 is 1.17 bits per heavy atom. The minimum absolute atomic E-state index is 0.0206. The molecule has 5 nitrogen and oxygen atoms in total. The number of hydrogen-bond donors (Lipinski definition) is 2. The third-order valence-corrected chi connectivity index (χ3v) is 10.4. The summed E-state index contributed by atoms with van der Waals surface area (Å²) >= 11 is 0. The summed E-state index contributed by atoms with van der Waals surface area (Å²) in [6, 6.07) is 35.0. The van der Waals surface area contributed by atoms with E-state index in [2.05, 4.69) is 88.4 Å². The quantitative estimate of drug-likeness (QED) is 0.269. The van der Waals surface area contributed by atoms with E-state index in [9.17, 15) is 9.59 Å². The summed E-state index contributed by atoms with van der Waals surface area (Å²) < 4.78 is 0. The highest BCUT2D eigenvalue weighted by molar-refractivity contribution is 7.95. The van der Waals surface area contributed by atoms with Crippen LogP contribution in [0, 0.1) is 0 Å². The molecule has 3 aromatic carbocycles. The number of nitrogens with one attached hydrogen (secondary N) is 2. The maximum Gasteiger partial charge on any atom is 0.252 e. The van der Waals surface area contributed by atoms with Gasteiger partial charge in [0.2, 0.25) is 5.91 Å². The third kappa shape index (κ3) is 6.00. The van der Waals surface area contributed by atoms with E-state index in [0.29, 0.717) is 25.1 Å². The molecule has 0 saturated heterocycles. The molecule has 1 heterocycles. The van der Waals surface area contributed by atoms with E-state index in [1.54, 1.807) is 18.3 Å². The first kappa shape index (κ1) is 24.3. The zero-order chi connectivity index (χ0) is 24.3. The fourth-order valence-electron chi connectivity index (χ4n) is 4.22. The number of nitrogens with zero attached hydrogens (tertiary/aromatic N) is 1. The highest BCUT2D eigenvalue weighted by Crippen LogP contribution is 2.55. The first-order valence-corrected chi connectivity index (χ1v) is 13.7. The molecule has 4 rings (SSSR count). The third-order valence-electron chi connectivity index (χ3n) is 5.92. The van der Waals surface area contributed by atoms with Gasteiger partial charge in [-0.3, -0.25) is 14.6 Å². The lowest BCUT2D eigenvalue weighted by molar-refractivity contribution is -0.120. The fourth-order valence-corrected chi connectivity index (χ4v) is 8.47. The van der Waals surface area contributed by atoms with Crippen LogP contribution in [0.4, 0.5) is 0 Å². The first-order chi connectivity index (χ1) is 17.2. The normalized spacial score (nSPS) is 11.0. The number of carbonyl (C=O) groups excluding carboxylic acids is 2. The summed E-state index contributed by atoms with van der Waals surface area (Å²) in [6.07, 6.45) is 4.26. The fraction of sp³-hybridized carbons (Fsp3) is 0.138. The highest BCUT2D eigenvalue weighted by atomic mass is 31.2. The highest BCUT2D eigenvalue weighted by Gasteiger charge is 2.45. The Bertz CT molecular complexity index is 1120. The van der Waals surface area contributed by atoms with Crippen molar-refractivity contribution in [1.29, 1.82) is 0 Å². The Labute approximate surface area is 207 Å². The lowest BCUT2D eigenvalue weighted by atomic mass is 10.3. The summed E-state index contributed by atoms with van der Waals surface area (Å²) in [7, 11) is -2.04. The summed E-state index contributed by atoms with van der Waals surface area (Å²) in [5.74, 6) is -0.220. The number of hydrogen-bond acceptors (Lipinski definition) is 3. The zero-order valence-electron chi connectivity index (χ0n) is 19.5. The maximum atomic E-state index is 12.9. The molecule has 0 aliphatic rings. The van der Waals surface area contributed by atoms with Gasteiger partial charge in [0, 0.05) is 25.5 Å². The molecule has 1 aromatic heterocycles. The van der Waals surface area contributed by atoms with Crippen LogP contribution in [0.25, 0.3) is 0 Å². The molecule has 0 bridgehead atoms. The van der Waals surface area contributed by atoms with Crippen LogP contribution in [0.5, 0.6) is 0 Å². The second-order valence-corrected chi connectivity index (χ2v) is 11.8. The molecule has 0 spiro atoms. The molecule has 176 valence electrons. The average Bonchev–Trinajstić information content (AvgIpc) is 2.93. The molecule has 0 saturated carbocycles. The van der Waals surface area contributed by atoms with Crippen LogP contribution in [0.3, 0.4) is 0 Å². The van der Waals surface area contributed by atoms with Crippen LogP contribution in [0.1, 0.15) is 16.8 Å². The van der Waals surface area contributed by atoms with Crippen LogP contribution in [-0.4, -0.2) is 36.0 Å². The minimum atomic E-state index is -2.04. The molecule has 0 radical (unpaired) electrons. The molecule has 0 atom stereocenters. The Morgan fingerprint density at radius 1 is 0.657 bits per heavy atom. The van der Waals surface area contributed by atoms with Gasteiger partial charge in [0.25, 0.3) is 5.91 Å². The van der Waals surface area contributed by atoms with Crippen molar-refractivity contribution in [3.05, 3.63) is 121 Å². The van der Waals surface area contributed by atoms with Crippen molar-refractivity contribution in [2.75, 3.05) is 19.3 Å². The van der Waals surface area contributed by atoms with E-state index in [1.165, 1.54) is 22.1 Å². The van der Waals surface area contributed by atoms with Gasteiger partial charge in [-0.15, -0.1) is 0 Å². The van der Waals surface area contributed by atoms with Gasteiger partial charge in [-0.2, -0.15) is 0 Å². The summed E-state index contributed by atoms with van der Waals surface area (Å²) in [4.78, 5) is 29.0. The number of benzene rings is 3. The van der Waals surface area contributed by atoms with Crippen LogP contribution >= 0.6 is 7.26 Å². The summed E-state index contributed by atoms with van der Waals surface area (Å²) in [6.45, 7) is 0.730. The standard InChI is InChI=1S/C29H28N3O2P/c33-28(31-20-21-32-29(34)24-11-10-19-30-23-24)18-22-35(25-12-4-1-5-13-25,26-14-6-2-7-15-26)27-16-8-3-9-17-27/h1-17,19,23H,18,20-22H2,(H-,31,32,33,34)/p+1. The van der Waals surface area contributed by atoms with Crippen molar-refractivity contribution < 1.29 is 9.59 Å². The van der Waals surface area contributed by atoms with E-state index in [-0.39, 0.29) is 11.8 Å². The van der Waals surface area contributed by atoms with Crippen molar-refractivity contribution in [2.45, 2.75) is 6.42 Å². The molecule has 0 fully saturated rings. The predicted octanol–water partition coefficient (Wildman–Crippen LogP) is 3.31. The predicted molar refractivity (Wildman–Crippen MR) is 144 cm³/mol. The smallest absolute Gasteiger partial charge is 0.252 e. The minimum Gasteiger partial charge on any atom is -0.354 e. The first-order valence-electron chi connectivity index (χ1n) is 11.7. The van der Waals surface area contributed by atoms with Crippen molar-refractivity contribution in [2.24, 2.45) is 0 Å². The molecule has 2 N–H and O–H groups in total. The van der Waals surface area contributed by atoms with E-state index in [0.717, 1.165) is 6.16 Å². The van der Waals surface area contributed by atoms with E-state index < -0.39 is 7.26 Å². The average molecular weight is 483 g/mol. The Morgan fingerprint density at radius 3 is 1.66 bits per heavy atom. The van der Waals surface area contributed by atoms with Gasteiger partial charge in [-0.25, -0.2) is 0 Å². The maximum absolute atomic E-state index is 12.9. The topological polar surface area (TPSA) is 71.1 Å². The van der Waals surface area contributed by atoms with Gasteiger partial charge in [0.05, 0.1) is 18.1 Å². The van der Waals surface area contributed by atoms with Gasteiger partial charge >= 0.3 is 0 Å². The number of pyridine rings is 1. The number of amides is 2. The lowest BCUT2D eigenvalue weighted by Crippen LogP contribution is -2.37. The number of carbonyl (C=O) groups is 2. The molecule has 6 heteroatoms. The van der Waals surface area contributed by atoms with Crippen molar-refractivity contribution in [1.82, 2.24) is 15.6 Å². The van der Waals surface area contributed by atoms with Gasteiger partial charge in [-0.1, -0.05) is 54.6 Å². The van der Waals surface area contributed by atoms with Crippen molar-refractivity contribution in [3.8, 4) is 0 Å². The van der Waals surface area contributed by atoms with Crippen LogP contribution < -0.4 is 26.5 Å². The molecular weight excluding hydrogens is 453 g/mol. The number of aromatic nitrogens is 1. The van der Waals surface area contributed by atoms with Crippen LogP contribution in [-0.2, 0) is 4.79 Å². The van der Waals surface area contributed by atoms with E-state index in [1.807, 2.05) is 18.2 Å².